The molecule has 1 N–H and O–H groups in total. The van der Waals surface area contributed by atoms with Crippen LogP contribution >= 0.6 is 23.2 Å². The van der Waals surface area contributed by atoms with Crippen molar-refractivity contribution in [2.45, 2.75) is 33.0 Å². The van der Waals surface area contributed by atoms with Gasteiger partial charge in [0, 0.05) is 34.4 Å². The molecule has 2 aromatic rings. The maximum absolute atomic E-state index is 6.15. The van der Waals surface area contributed by atoms with Crippen molar-refractivity contribution < 1.29 is 0 Å². The summed E-state index contributed by atoms with van der Waals surface area (Å²) in [5.41, 5.74) is 2.18. The van der Waals surface area contributed by atoms with Crippen LogP contribution in [0.3, 0.4) is 0 Å². The fourth-order valence-corrected chi connectivity index (χ4v) is 2.20. The summed E-state index contributed by atoms with van der Waals surface area (Å²) in [6.07, 6.45) is 3.90. The zero-order chi connectivity index (χ0) is 13.8. The van der Waals surface area contributed by atoms with Crippen LogP contribution in [0.25, 0.3) is 0 Å². The van der Waals surface area contributed by atoms with Crippen LogP contribution in [-0.2, 0) is 13.1 Å². The third-order valence-electron chi connectivity index (χ3n) is 2.75. The van der Waals surface area contributed by atoms with E-state index in [0.717, 1.165) is 12.1 Å². The van der Waals surface area contributed by atoms with Gasteiger partial charge in [-0.05, 0) is 17.7 Å². The normalized spacial score (nSPS) is 11.2. The number of benzene rings is 1. The average Bonchev–Trinajstić information content (AvgIpc) is 2.78. The van der Waals surface area contributed by atoms with Crippen LogP contribution < -0.4 is 5.32 Å². The van der Waals surface area contributed by atoms with Gasteiger partial charge >= 0.3 is 0 Å². The predicted molar refractivity (Wildman–Crippen MR) is 79.8 cm³/mol. The lowest BCUT2D eigenvalue weighted by Gasteiger charge is -2.06. The van der Waals surface area contributed by atoms with E-state index in [1.54, 1.807) is 6.07 Å². The van der Waals surface area contributed by atoms with Gasteiger partial charge in [-0.1, -0.05) is 43.1 Å². The van der Waals surface area contributed by atoms with Crippen LogP contribution in [0.2, 0.25) is 10.0 Å². The molecule has 1 aromatic heterocycles. The van der Waals surface area contributed by atoms with E-state index in [9.17, 15) is 0 Å². The highest BCUT2D eigenvalue weighted by Gasteiger charge is 2.04. The first kappa shape index (κ1) is 14.4. The van der Waals surface area contributed by atoms with E-state index in [1.165, 1.54) is 5.56 Å². The number of nitrogens with zero attached hydrogens (tertiary/aromatic N) is 2. The second-order valence-corrected chi connectivity index (χ2v) is 5.66. The third-order valence-corrected chi connectivity index (χ3v) is 3.34. The molecular formula is C14H17Cl2N3. The fourth-order valence-electron chi connectivity index (χ4n) is 1.73. The zero-order valence-electron chi connectivity index (χ0n) is 11.0. The molecule has 0 saturated heterocycles. The maximum atomic E-state index is 6.15. The standard InChI is InChI=1S/C14H17Cl2N3/c1-10(2)17-6-11-7-18-19(8-11)9-12-3-4-13(15)5-14(12)16/h3-5,7-8,10,17H,6,9H2,1-2H3. The van der Waals surface area contributed by atoms with Gasteiger partial charge in [-0.25, -0.2) is 0 Å². The summed E-state index contributed by atoms with van der Waals surface area (Å²) in [5, 5.41) is 9.02. The maximum Gasteiger partial charge on any atom is 0.0674 e. The van der Waals surface area contributed by atoms with Crippen LogP contribution in [0.4, 0.5) is 0 Å². The van der Waals surface area contributed by atoms with Crippen LogP contribution in [0.15, 0.2) is 30.6 Å². The number of aromatic nitrogens is 2. The van der Waals surface area contributed by atoms with Crippen molar-refractivity contribution in [3.63, 3.8) is 0 Å². The monoisotopic (exact) mass is 297 g/mol. The number of hydrogen-bond acceptors (Lipinski definition) is 2. The molecule has 0 aliphatic rings. The van der Waals surface area contributed by atoms with Gasteiger partial charge in [-0.3, -0.25) is 4.68 Å². The molecule has 102 valence electrons. The van der Waals surface area contributed by atoms with Crippen molar-refractivity contribution >= 4 is 23.2 Å². The van der Waals surface area contributed by atoms with E-state index in [4.69, 9.17) is 23.2 Å². The molecule has 19 heavy (non-hydrogen) atoms. The molecule has 0 unspecified atom stereocenters. The Bertz CT molecular complexity index is 549. The first-order chi connectivity index (χ1) is 9.04. The highest BCUT2D eigenvalue weighted by molar-refractivity contribution is 6.35. The highest BCUT2D eigenvalue weighted by atomic mass is 35.5. The highest BCUT2D eigenvalue weighted by Crippen LogP contribution is 2.21. The summed E-state index contributed by atoms with van der Waals surface area (Å²) in [6, 6.07) is 5.99. The molecule has 0 bridgehead atoms. The molecule has 1 aromatic carbocycles. The third kappa shape index (κ3) is 4.23. The fraction of sp³-hybridized carbons (Fsp3) is 0.357. The first-order valence-corrected chi connectivity index (χ1v) is 6.99. The Balaban J connectivity index is 2.03. The van der Waals surface area contributed by atoms with E-state index >= 15 is 0 Å². The molecule has 0 saturated carbocycles. The molecule has 0 atom stereocenters. The number of halogens is 2. The molecule has 0 fully saturated rings. The molecule has 0 radical (unpaired) electrons. The molecule has 0 aliphatic carbocycles. The molecule has 5 heteroatoms. The van der Waals surface area contributed by atoms with Gasteiger partial charge in [0.2, 0.25) is 0 Å². The van der Waals surface area contributed by atoms with Gasteiger partial charge in [0.15, 0.2) is 0 Å². The zero-order valence-corrected chi connectivity index (χ0v) is 12.5. The minimum Gasteiger partial charge on any atom is -0.310 e. The first-order valence-electron chi connectivity index (χ1n) is 6.23. The Kier molecular flexibility index (Phi) is 4.86. The van der Waals surface area contributed by atoms with E-state index < -0.39 is 0 Å². The topological polar surface area (TPSA) is 29.9 Å². The van der Waals surface area contributed by atoms with Crippen LogP contribution in [0.1, 0.15) is 25.0 Å². The summed E-state index contributed by atoms with van der Waals surface area (Å²) < 4.78 is 1.88. The van der Waals surface area contributed by atoms with Crippen molar-refractivity contribution in [2.75, 3.05) is 0 Å². The van der Waals surface area contributed by atoms with Crippen LogP contribution in [-0.4, -0.2) is 15.8 Å². The smallest absolute Gasteiger partial charge is 0.0674 e. The van der Waals surface area contributed by atoms with Crippen molar-refractivity contribution in [3.8, 4) is 0 Å². The van der Waals surface area contributed by atoms with E-state index in [2.05, 4.69) is 24.3 Å². The molecule has 0 amide bonds. The number of nitrogens with one attached hydrogen (secondary N) is 1. The lowest BCUT2D eigenvalue weighted by molar-refractivity contribution is 0.588. The van der Waals surface area contributed by atoms with Crippen LogP contribution in [0, 0.1) is 0 Å². The Morgan fingerprint density at radius 1 is 1.32 bits per heavy atom. The Morgan fingerprint density at radius 2 is 2.11 bits per heavy atom. The Labute approximate surface area is 123 Å². The molecule has 0 aliphatic heterocycles. The summed E-state index contributed by atoms with van der Waals surface area (Å²) in [7, 11) is 0. The minimum atomic E-state index is 0.467. The van der Waals surface area contributed by atoms with Gasteiger partial charge in [0.25, 0.3) is 0 Å². The summed E-state index contributed by atoms with van der Waals surface area (Å²) in [6.45, 7) is 5.72. The van der Waals surface area contributed by atoms with Crippen molar-refractivity contribution in [1.29, 1.82) is 0 Å². The van der Waals surface area contributed by atoms with Gasteiger partial charge in [0.1, 0.15) is 0 Å². The number of hydrogen-bond donors (Lipinski definition) is 1. The van der Waals surface area contributed by atoms with E-state index in [0.29, 0.717) is 22.6 Å². The van der Waals surface area contributed by atoms with E-state index in [1.807, 2.05) is 29.2 Å². The van der Waals surface area contributed by atoms with Gasteiger partial charge in [0.05, 0.1) is 12.7 Å². The second kappa shape index (κ2) is 6.42. The summed E-state index contributed by atoms with van der Waals surface area (Å²) >= 11 is 12.0. The minimum absolute atomic E-state index is 0.467. The predicted octanol–water partition coefficient (Wildman–Crippen LogP) is 3.74. The largest absolute Gasteiger partial charge is 0.310 e. The van der Waals surface area contributed by atoms with E-state index in [-0.39, 0.29) is 0 Å². The Morgan fingerprint density at radius 3 is 2.79 bits per heavy atom. The SMILES string of the molecule is CC(C)NCc1cnn(Cc2ccc(Cl)cc2Cl)c1. The quantitative estimate of drug-likeness (QED) is 0.911. The summed E-state index contributed by atoms with van der Waals surface area (Å²) in [5.74, 6) is 0. The lowest BCUT2D eigenvalue weighted by Crippen LogP contribution is -2.21. The Hall–Kier alpha value is -1.03. The molecule has 0 spiro atoms. The van der Waals surface area contributed by atoms with Crippen LogP contribution in [0.5, 0.6) is 0 Å². The number of rotatable bonds is 5. The molecule has 2 rings (SSSR count). The molecular weight excluding hydrogens is 281 g/mol. The summed E-state index contributed by atoms with van der Waals surface area (Å²) in [4.78, 5) is 0. The average molecular weight is 298 g/mol. The van der Waals surface area contributed by atoms with Gasteiger partial charge in [-0.2, -0.15) is 5.10 Å². The lowest BCUT2D eigenvalue weighted by atomic mass is 10.2. The van der Waals surface area contributed by atoms with Crippen molar-refractivity contribution in [2.24, 2.45) is 0 Å². The molecule has 3 nitrogen and oxygen atoms in total. The van der Waals surface area contributed by atoms with Crippen molar-refractivity contribution in [3.05, 3.63) is 51.8 Å². The van der Waals surface area contributed by atoms with Crippen molar-refractivity contribution in [1.82, 2.24) is 15.1 Å². The van der Waals surface area contributed by atoms with Gasteiger partial charge < -0.3 is 5.32 Å². The second-order valence-electron chi connectivity index (χ2n) is 4.82. The van der Waals surface area contributed by atoms with Gasteiger partial charge in [-0.15, -0.1) is 0 Å². The molecule has 1 heterocycles.